The molecule has 20 heavy (non-hydrogen) atoms. The Hall–Kier alpha value is -2.11. The highest BCUT2D eigenvalue weighted by Gasteiger charge is 2.30. The average Bonchev–Trinajstić information content (AvgIpc) is 2.80. The van der Waals surface area contributed by atoms with E-state index in [1.165, 1.54) is 0 Å². The van der Waals surface area contributed by atoms with Crippen LogP contribution >= 0.6 is 0 Å². The maximum atomic E-state index is 12.2. The van der Waals surface area contributed by atoms with Gasteiger partial charge in [-0.15, -0.1) is 0 Å². The van der Waals surface area contributed by atoms with Crippen LogP contribution in [0.3, 0.4) is 0 Å². The fraction of sp³-hybridized carbons (Fsp3) is 0.500. The lowest BCUT2D eigenvalue weighted by atomic mass is 9.88. The minimum atomic E-state index is -0.400. The first-order valence-electron chi connectivity index (χ1n) is 6.74. The second kappa shape index (κ2) is 5.90. The lowest BCUT2D eigenvalue weighted by molar-refractivity contribution is -0.122. The topological polar surface area (TPSA) is 98.2 Å². The van der Waals surface area contributed by atoms with Gasteiger partial charge in [0.05, 0.1) is 11.6 Å². The third-order valence-electron chi connectivity index (χ3n) is 3.46. The van der Waals surface area contributed by atoms with E-state index in [2.05, 4.69) is 10.3 Å². The van der Waals surface area contributed by atoms with Gasteiger partial charge in [-0.05, 0) is 19.8 Å². The summed E-state index contributed by atoms with van der Waals surface area (Å²) in [4.78, 5) is 27.8. The molecule has 6 heteroatoms. The van der Waals surface area contributed by atoms with Crippen LogP contribution in [0.25, 0.3) is 0 Å². The second-order valence-electron chi connectivity index (χ2n) is 4.91. The van der Waals surface area contributed by atoms with Crippen LogP contribution in [0, 0.1) is 12.8 Å². The first-order chi connectivity index (χ1) is 9.52. The minimum Gasteiger partial charge on any atom is -0.435 e. The summed E-state index contributed by atoms with van der Waals surface area (Å²) in [5.74, 6) is -0.385. The van der Waals surface area contributed by atoms with Gasteiger partial charge in [-0.3, -0.25) is 9.59 Å². The number of amides is 2. The molecule has 1 aromatic heterocycles. The van der Waals surface area contributed by atoms with Crippen molar-refractivity contribution in [3.05, 3.63) is 29.5 Å². The Kier molecular flexibility index (Phi) is 4.22. The Balaban J connectivity index is 2.12. The van der Waals surface area contributed by atoms with E-state index >= 15 is 0 Å². The number of aromatic nitrogens is 1. The molecule has 1 aliphatic carbocycles. The Bertz CT molecular complexity index is 548. The molecule has 1 aromatic rings. The number of oxazole rings is 1. The fourth-order valence-electron chi connectivity index (χ4n) is 2.34. The van der Waals surface area contributed by atoms with Crippen molar-refractivity contribution in [1.29, 1.82) is 0 Å². The number of aryl methyl sites for hydroxylation is 2. The Morgan fingerprint density at radius 1 is 1.45 bits per heavy atom. The van der Waals surface area contributed by atoms with Crippen molar-refractivity contribution in [2.24, 2.45) is 11.7 Å². The van der Waals surface area contributed by atoms with Gasteiger partial charge >= 0.3 is 0 Å². The molecule has 2 atom stereocenters. The van der Waals surface area contributed by atoms with Crippen molar-refractivity contribution in [3.63, 3.8) is 0 Å². The quantitative estimate of drug-likeness (QED) is 0.805. The maximum Gasteiger partial charge on any atom is 0.289 e. The summed E-state index contributed by atoms with van der Waals surface area (Å²) in [5, 5.41) is 2.82. The number of nitrogens with zero attached hydrogens (tertiary/aromatic N) is 1. The van der Waals surface area contributed by atoms with Crippen LogP contribution in [0.15, 0.2) is 16.6 Å². The zero-order chi connectivity index (χ0) is 14.7. The number of carbonyl (C=O) groups excluding carboxylic acids is 2. The average molecular weight is 277 g/mol. The Labute approximate surface area is 117 Å². The van der Waals surface area contributed by atoms with Crippen LogP contribution in [0.2, 0.25) is 0 Å². The summed E-state index contributed by atoms with van der Waals surface area (Å²) in [6.07, 6.45) is 5.62. The largest absolute Gasteiger partial charge is 0.435 e. The SMILES string of the molecule is CCc1nc(C)c(C(=O)N[C@@H]2CC=CC[C@H]2C(N)=O)o1. The summed E-state index contributed by atoms with van der Waals surface area (Å²) < 4.78 is 5.41. The summed E-state index contributed by atoms with van der Waals surface area (Å²) in [5.41, 5.74) is 5.92. The maximum absolute atomic E-state index is 12.2. The van der Waals surface area contributed by atoms with E-state index in [0.29, 0.717) is 30.8 Å². The molecule has 1 aliphatic rings. The summed E-state index contributed by atoms with van der Waals surface area (Å²) in [6.45, 7) is 3.63. The Morgan fingerprint density at radius 3 is 2.75 bits per heavy atom. The molecular weight excluding hydrogens is 258 g/mol. The molecule has 0 radical (unpaired) electrons. The first kappa shape index (κ1) is 14.3. The number of rotatable bonds is 4. The number of hydrogen-bond acceptors (Lipinski definition) is 4. The smallest absolute Gasteiger partial charge is 0.289 e. The zero-order valence-corrected chi connectivity index (χ0v) is 11.7. The highest BCUT2D eigenvalue weighted by Crippen LogP contribution is 2.20. The molecule has 108 valence electrons. The van der Waals surface area contributed by atoms with Gasteiger partial charge in [-0.2, -0.15) is 0 Å². The van der Waals surface area contributed by atoms with Crippen LogP contribution in [0.4, 0.5) is 0 Å². The molecule has 6 nitrogen and oxygen atoms in total. The van der Waals surface area contributed by atoms with E-state index in [-0.39, 0.29) is 23.6 Å². The monoisotopic (exact) mass is 277 g/mol. The number of hydrogen-bond donors (Lipinski definition) is 2. The summed E-state index contributed by atoms with van der Waals surface area (Å²) in [6, 6.07) is -0.292. The van der Waals surface area contributed by atoms with Gasteiger partial charge in [-0.1, -0.05) is 19.1 Å². The van der Waals surface area contributed by atoms with Gasteiger partial charge in [0.25, 0.3) is 5.91 Å². The third-order valence-corrected chi connectivity index (χ3v) is 3.46. The van der Waals surface area contributed by atoms with Gasteiger partial charge in [0.2, 0.25) is 11.7 Å². The third kappa shape index (κ3) is 2.89. The first-order valence-corrected chi connectivity index (χ1v) is 6.74. The standard InChI is InChI=1S/C14H19N3O3/c1-3-11-16-8(2)12(20-11)14(19)17-10-7-5-4-6-9(10)13(15)18/h4-5,9-10H,3,6-7H2,1-2H3,(H2,15,18)(H,17,19)/t9-,10-/m1/s1. The Morgan fingerprint density at radius 2 is 2.15 bits per heavy atom. The molecule has 0 aromatic carbocycles. The molecule has 1 heterocycles. The summed E-state index contributed by atoms with van der Waals surface area (Å²) in [7, 11) is 0. The van der Waals surface area contributed by atoms with E-state index in [4.69, 9.17) is 10.2 Å². The minimum absolute atomic E-state index is 0.208. The molecule has 0 aliphatic heterocycles. The fourth-order valence-corrected chi connectivity index (χ4v) is 2.34. The zero-order valence-electron chi connectivity index (χ0n) is 11.7. The predicted molar refractivity (Wildman–Crippen MR) is 72.9 cm³/mol. The molecular formula is C14H19N3O3. The van der Waals surface area contributed by atoms with E-state index in [1.807, 2.05) is 19.1 Å². The van der Waals surface area contributed by atoms with Crippen molar-refractivity contribution in [2.75, 3.05) is 0 Å². The molecule has 2 amide bonds. The molecule has 0 fully saturated rings. The number of primary amides is 1. The molecule has 0 unspecified atom stereocenters. The number of nitrogens with one attached hydrogen (secondary N) is 1. The highest BCUT2D eigenvalue weighted by molar-refractivity contribution is 5.93. The normalized spacial score (nSPS) is 21.7. The van der Waals surface area contributed by atoms with Gasteiger partial charge in [-0.25, -0.2) is 4.98 Å². The molecule has 2 rings (SSSR count). The van der Waals surface area contributed by atoms with Crippen molar-refractivity contribution in [2.45, 2.75) is 39.2 Å². The van der Waals surface area contributed by atoms with Crippen molar-refractivity contribution in [1.82, 2.24) is 10.3 Å². The van der Waals surface area contributed by atoms with Gasteiger partial charge in [0.15, 0.2) is 5.89 Å². The number of carbonyl (C=O) groups is 2. The predicted octanol–water partition coefficient (Wildman–Crippen LogP) is 1.10. The number of nitrogens with two attached hydrogens (primary N) is 1. The lowest BCUT2D eigenvalue weighted by Gasteiger charge is -2.26. The molecule has 0 saturated heterocycles. The van der Waals surface area contributed by atoms with Crippen LogP contribution in [-0.2, 0) is 11.2 Å². The molecule has 0 spiro atoms. The summed E-state index contributed by atoms with van der Waals surface area (Å²) >= 11 is 0. The molecule has 0 bridgehead atoms. The van der Waals surface area contributed by atoms with Crippen LogP contribution < -0.4 is 11.1 Å². The highest BCUT2D eigenvalue weighted by atomic mass is 16.4. The van der Waals surface area contributed by atoms with Gasteiger partial charge in [0.1, 0.15) is 0 Å². The molecule has 3 N–H and O–H groups in total. The number of allylic oxidation sites excluding steroid dienone is 1. The second-order valence-corrected chi connectivity index (χ2v) is 4.91. The van der Waals surface area contributed by atoms with Crippen LogP contribution in [-0.4, -0.2) is 22.8 Å². The lowest BCUT2D eigenvalue weighted by Crippen LogP contribution is -2.46. The molecule has 0 saturated carbocycles. The van der Waals surface area contributed by atoms with Crippen molar-refractivity contribution >= 4 is 11.8 Å². The van der Waals surface area contributed by atoms with E-state index < -0.39 is 5.91 Å². The van der Waals surface area contributed by atoms with Gasteiger partial charge in [0, 0.05) is 12.5 Å². The van der Waals surface area contributed by atoms with Crippen LogP contribution in [0.1, 0.15) is 41.9 Å². The van der Waals surface area contributed by atoms with Crippen molar-refractivity contribution in [3.8, 4) is 0 Å². The van der Waals surface area contributed by atoms with Crippen molar-refractivity contribution < 1.29 is 14.0 Å². The van der Waals surface area contributed by atoms with E-state index in [0.717, 1.165) is 0 Å². The van der Waals surface area contributed by atoms with Crippen LogP contribution in [0.5, 0.6) is 0 Å². The van der Waals surface area contributed by atoms with E-state index in [9.17, 15) is 9.59 Å². The van der Waals surface area contributed by atoms with E-state index in [1.54, 1.807) is 6.92 Å². The van der Waals surface area contributed by atoms with Gasteiger partial charge < -0.3 is 15.5 Å².